The van der Waals surface area contributed by atoms with Crippen molar-refractivity contribution >= 4 is 28.0 Å². The molecule has 2 saturated carbocycles. The summed E-state index contributed by atoms with van der Waals surface area (Å²) in [5.74, 6) is -3.29. The Kier molecular flexibility index (Phi) is 4.58. The maximum Gasteiger partial charge on any atom is 0.344 e. The fourth-order valence-electron chi connectivity index (χ4n) is 4.22. The summed E-state index contributed by atoms with van der Waals surface area (Å²) in [4.78, 5) is 34.5. The molecule has 0 aromatic carbocycles. The first-order valence-corrected chi connectivity index (χ1v) is 9.23. The Morgan fingerprint density at radius 1 is 1.24 bits per heavy atom. The maximum atomic E-state index is 12.3. The second-order valence-corrected chi connectivity index (χ2v) is 8.01. The largest absolute Gasteiger partial charge is 0.469 e. The van der Waals surface area contributed by atoms with Crippen LogP contribution < -0.4 is 0 Å². The van der Waals surface area contributed by atoms with Crippen LogP contribution in [0.1, 0.15) is 12.8 Å². The number of hydrogen-bond donors (Lipinski definition) is 0. The molecular weight excluding hydrogens is 356 g/mol. The molecule has 9 nitrogen and oxygen atoms in total. The van der Waals surface area contributed by atoms with Crippen LogP contribution in [-0.2, 0) is 42.9 Å². The molecule has 0 radical (unpaired) electrons. The normalized spacial score (nSPS) is 36.7. The van der Waals surface area contributed by atoms with Gasteiger partial charge in [0, 0.05) is 17.9 Å². The second-order valence-electron chi connectivity index (χ2n) is 6.29. The zero-order chi connectivity index (χ0) is 18.4. The quantitative estimate of drug-likeness (QED) is 0.263. The van der Waals surface area contributed by atoms with Crippen LogP contribution in [0, 0.1) is 17.8 Å². The van der Waals surface area contributed by atoms with E-state index in [0.29, 0.717) is 6.42 Å². The van der Waals surface area contributed by atoms with Crippen molar-refractivity contribution in [3.05, 3.63) is 12.7 Å². The molecule has 6 unspecified atom stereocenters. The van der Waals surface area contributed by atoms with Crippen LogP contribution in [0.2, 0.25) is 0 Å². The monoisotopic (exact) mass is 374 g/mol. The van der Waals surface area contributed by atoms with Crippen LogP contribution in [0.15, 0.2) is 12.7 Å². The Labute approximate surface area is 144 Å². The first kappa shape index (κ1) is 17.9. The summed E-state index contributed by atoms with van der Waals surface area (Å²) < 4.78 is 44.2. The van der Waals surface area contributed by atoms with Crippen molar-refractivity contribution in [2.45, 2.75) is 30.3 Å². The van der Waals surface area contributed by atoms with Crippen LogP contribution in [0.3, 0.4) is 0 Å². The minimum Gasteiger partial charge on any atom is -0.469 e. The Bertz CT molecular complexity index is 713. The summed E-state index contributed by atoms with van der Waals surface area (Å²) in [6.45, 7) is 2.60. The minimum atomic E-state index is -3.83. The number of carbonyl (C=O) groups is 3. The van der Waals surface area contributed by atoms with E-state index >= 15 is 0 Å². The summed E-state index contributed by atoms with van der Waals surface area (Å²) in [6.07, 6.45) is -0.247. The molecule has 0 amide bonds. The Hall–Kier alpha value is -1.94. The van der Waals surface area contributed by atoms with Gasteiger partial charge in [0.15, 0.2) is 6.61 Å². The van der Waals surface area contributed by atoms with Crippen molar-refractivity contribution < 1.29 is 41.2 Å². The van der Waals surface area contributed by atoms with E-state index in [4.69, 9.17) is 8.92 Å². The number of esters is 3. The van der Waals surface area contributed by atoms with Gasteiger partial charge in [-0.3, -0.25) is 8.98 Å². The molecular formula is C15H18O9S. The zero-order valence-corrected chi connectivity index (χ0v) is 14.3. The van der Waals surface area contributed by atoms with Crippen molar-refractivity contribution in [2.24, 2.45) is 17.8 Å². The smallest absolute Gasteiger partial charge is 0.344 e. The molecule has 1 heterocycles. The van der Waals surface area contributed by atoms with Gasteiger partial charge in [-0.25, -0.2) is 9.59 Å². The van der Waals surface area contributed by atoms with E-state index in [1.807, 2.05) is 0 Å². The molecule has 3 rings (SSSR count). The third kappa shape index (κ3) is 3.04. The van der Waals surface area contributed by atoms with E-state index < -0.39 is 58.0 Å². The number of fused-ring (bicyclic) bond motifs is 1. The highest BCUT2D eigenvalue weighted by Crippen LogP contribution is 2.59. The Balaban J connectivity index is 1.74. The molecule has 3 aliphatic rings. The maximum absolute atomic E-state index is 12.3. The lowest BCUT2D eigenvalue weighted by Crippen LogP contribution is -2.43. The molecule has 0 aromatic heterocycles. The lowest BCUT2D eigenvalue weighted by Gasteiger charge is -2.30. The number of rotatable bonds is 6. The summed E-state index contributed by atoms with van der Waals surface area (Å²) >= 11 is 0. The highest BCUT2D eigenvalue weighted by molar-refractivity contribution is 7.87. The van der Waals surface area contributed by atoms with Gasteiger partial charge in [0.25, 0.3) is 10.1 Å². The molecule has 138 valence electrons. The van der Waals surface area contributed by atoms with Crippen molar-refractivity contribution in [1.82, 2.24) is 0 Å². The molecule has 0 spiro atoms. The van der Waals surface area contributed by atoms with Gasteiger partial charge in [0.2, 0.25) is 0 Å². The third-order valence-electron chi connectivity index (χ3n) is 5.08. The lowest BCUT2D eigenvalue weighted by molar-refractivity contribution is -0.166. The first-order valence-electron chi connectivity index (χ1n) is 7.76. The number of methoxy groups -OCH3 is 1. The van der Waals surface area contributed by atoms with Gasteiger partial charge in [0.1, 0.15) is 12.2 Å². The summed E-state index contributed by atoms with van der Waals surface area (Å²) in [6, 6.07) is 0. The average Bonchev–Trinajstić information content (AvgIpc) is 3.15. The second kappa shape index (κ2) is 6.41. The van der Waals surface area contributed by atoms with E-state index in [9.17, 15) is 22.8 Å². The SMILES string of the molecule is C=CC(=O)OCC(=O)OC1C2CC3C1OS(=O)(=O)C3C2CC(=O)OC. The predicted molar refractivity (Wildman–Crippen MR) is 80.3 cm³/mol. The molecule has 25 heavy (non-hydrogen) atoms. The van der Waals surface area contributed by atoms with Gasteiger partial charge in [-0.2, -0.15) is 8.42 Å². The van der Waals surface area contributed by atoms with Crippen molar-refractivity contribution in [2.75, 3.05) is 13.7 Å². The van der Waals surface area contributed by atoms with Crippen molar-refractivity contribution in [3.63, 3.8) is 0 Å². The molecule has 1 aliphatic heterocycles. The third-order valence-corrected chi connectivity index (χ3v) is 6.94. The summed E-state index contributed by atoms with van der Waals surface area (Å²) in [7, 11) is -2.60. The van der Waals surface area contributed by atoms with Gasteiger partial charge in [-0.05, 0) is 12.3 Å². The molecule has 10 heteroatoms. The molecule has 0 aromatic rings. The van der Waals surface area contributed by atoms with Gasteiger partial charge >= 0.3 is 17.9 Å². The van der Waals surface area contributed by atoms with E-state index in [1.165, 1.54) is 7.11 Å². The fourth-order valence-corrected chi connectivity index (χ4v) is 6.33. The highest BCUT2D eigenvalue weighted by atomic mass is 32.2. The van der Waals surface area contributed by atoms with Gasteiger partial charge in [0.05, 0.1) is 18.8 Å². The van der Waals surface area contributed by atoms with Crippen LogP contribution in [-0.4, -0.2) is 57.5 Å². The van der Waals surface area contributed by atoms with Crippen LogP contribution in [0.5, 0.6) is 0 Å². The van der Waals surface area contributed by atoms with E-state index in [2.05, 4.69) is 16.1 Å². The average molecular weight is 374 g/mol. The Morgan fingerprint density at radius 2 is 1.96 bits per heavy atom. The van der Waals surface area contributed by atoms with E-state index in [1.54, 1.807) is 0 Å². The predicted octanol–water partition coefficient (Wildman–Crippen LogP) is -0.446. The van der Waals surface area contributed by atoms with Crippen molar-refractivity contribution in [1.29, 1.82) is 0 Å². The lowest BCUT2D eigenvalue weighted by atomic mass is 9.82. The number of carbonyl (C=O) groups excluding carboxylic acids is 3. The van der Waals surface area contributed by atoms with Gasteiger partial charge in [-0.1, -0.05) is 6.58 Å². The molecule has 2 aliphatic carbocycles. The summed E-state index contributed by atoms with van der Waals surface area (Å²) in [5, 5.41) is -0.782. The number of hydrogen-bond acceptors (Lipinski definition) is 9. The van der Waals surface area contributed by atoms with E-state index in [0.717, 1.165) is 6.08 Å². The van der Waals surface area contributed by atoms with Crippen LogP contribution >= 0.6 is 0 Å². The standard InChI is InChI=1S/C15H18O9S/c1-3-10(16)22-6-12(18)23-13-7-4-9-14(13)24-25(19,20)15(9)8(7)5-11(17)21-2/h3,7-9,13-15H,1,4-6H2,2H3. The van der Waals surface area contributed by atoms with Crippen LogP contribution in [0.4, 0.5) is 0 Å². The first-order chi connectivity index (χ1) is 11.8. The molecule has 0 N–H and O–H groups in total. The highest BCUT2D eigenvalue weighted by Gasteiger charge is 2.70. The fraction of sp³-hybridized carbons (Fsp3) is 0.667. The topological polar surface area (TPSA) is 122 Å². The molecule has 1 saturated heterocycles. The minimum absolute atomic E-state index is 0.0862. The summed E-state index contributed by atoms with van der Waals surface area (Å²) in [5.41, 5.74) is 0. The van der Waals surface area contributed by atoms with Crippen LogP contribution in [0.25, 0.3) is 0 Å². The molecule has 2 bridgehead atoms. The molecule has 3 fully saturated rings. The van der Waals surface area contributed by atoms with E-state index in [-0.39, 0.29) is 18.3 Å². The van der Waals surface area contributed by atoms with Gasteiger partial charge in [-0.15, -0.1) is 0 Å². The van der Waals surface area contributed by atoms with Crippen molar-refractivity contribution in [3.8, 4) is 0 Å². The zero-order valence-electron chi connectivity index (χ0n) is 13.5. The van der Waals surface area contributed by atoms with Gasteiger partial charge < -0.3 is 14.2 Å². The molecule has 6 atom stereocenters. The Morgan fingerprint density at radius 3 is 2.60 bits per heavy atom. The number of ether oxygens (including phenoxy) is 3.